The number of nitrogens with zero attached hydrogens (tertiary/aromatic N) is 1. The quantitative estimate of drug-likeness (QED) is 0.924. The molecule has 1 heterocycles. The molecule has 0 bridgehead atoms. The molecule has 1 amide bonds. The van der Waals surface area contributed by atoms with Gasteiger partial charge in [0, 0.05) is 29.5 Å². The van der Waals surface area contributed by atoms with Gasteiger partial charge in [0.05, 0.1) is 11.6 Å². The fourth-order valence-electron chi connectivity index (χ4n) is 2.03. The van der Waals surface area contributed by atoms with E-state index < -0.39 is 0 Å². The number of anilines is 1. The Hall–Kier alpha value is -1.81. The Balaban J connectivity index is 2.23. The number of aryl methyl sites for hydroxylation is 1. The molecule has 0 aliphatic carbocycles. The number of para-hydroxylation sites is 1. The molecular formula is C16H20N2OS. The average Bonchev–Trinajstić information content (AvgIpc) is 2.85. The first-order valence-corrected chi connectivity index (χ1v) is 7.44. The van der Waals surface area contributed by atoms with Gasteiger partial charge in [-0.15, -0.1) is 11.3 Å². The van der Waals surface area contributed by atoms with Crippen LogP contribution in [-0.2, 0) is 0 Å². The third-order valence-corrected chi connectivity index (χ3v) is 4.31. The van der Waals surface area contributed by atoms with Crippen molar-refractivity contribution in [2.24, 2.45) is 0 Å². The van der Waals surface area contributed by atoms with E-state index in [1.165, 1.54) is 9.75 Å². The molecule has 1 aromatic carbocycles. The highest BCUT2D eigenvalue weighted by atomic mass is 32.1. The van der Waals surface area contributed by atoms with Crippen molar-refractivity contribution in [2.75, 3.05) is 19.4 Å². The molecule has 0 saturated carbocycles. The predicted octanol–water partition coefficient (Wildman–Crippen LogP) is 3.93. The van der Waals surface area contributed by atoms with Gasteiger partial charge >= 0.3 is 0 Å². The molecule has 0 radical (unpaired) electrons. The first kappa shape index (κ1) is 14.6. The first-order chi connectivity index (χ1) is 9.49. The molecule has 0 fully saturated rings. The van der Waals surface area contributed by atoms with E-state index in [0.29, 0.717) is 5.56 Å². The number of nitrogens with one attached hydrogen (secondary N) is 1. The lowest BCUT2D eigenvalue weighted by Gasteiger charge is -2.18. The summed E-state index contributed by atoms with van der Waals surface area (Å²) < 4.78 is 0. The minimum atomic E-state index is 0.0164. The average molecular weight is 288 g/mol. The van der Waals surface area contributed by atoms with Crippen LogP contribution in [0.5, 0.6) is 0 Å². The Morgan fingerprint density at radius 2 is 1.90 bits per heavy atom. The van der Waals surface area contributed by atoms with Crippen LogP contribution in [0.1, 0.15) is 33.1 Å². The molecular weight excluding hydrogens is 268 g/mol. The van der Waals surface area contributed by atoms with Crippen molar-refractivity contribution in [2.45, 2.75) is 19.9 Å². The lowest BCUT2D eigenvalue weighted by atomic mass is 10.1. The smallest absolute Gasteiger partial charge is 0.255 e. The Kier molecular flexibility index (Phi) is 4.45. The molecule has 1 N–H and O–H groups in total. The summed E-state index contributed by atoms with van der Waals surface area (Å²) in [6.07, 6.45) is 0. The van der Waals surface area contributed by atoms with Crippen LogP contribution in [0.2, 0.25) is 0 Å². The SMILES string of the molecule is Cc1ccc(C(C)Nc2ccccc2C(=O)N(C)C)s1. The highest BCUT2D eigenvalue weighted by molar-refractivity contribution is 7.12. The molecule has 1 aromatic heterocycles. The maximum absolute atomic E-state index is 12.2. The number of rotatable bonds is 4. The van der Waals surface area contributed by atoms with Crippen LogP contribution in [0, 0.1) is 6.92 Å². The maximum atomic E-state index is 12.2. The zero-order valence-corrected chi connectivity index (χ0v) is 13.1. The van der Waals surface area contributed by atoms with Gasteiger partial charge in [-0.2, -0.15) is 0 Å². The van der Waals surface area contributed by atoms with Crippen LogP contribution in [-0.4, -0.2) is 24.9 Å². The number of amides is 1. The summed E-state index contributed by atoms with van der Waals surface area (Å²) in [5.74, 6) is 0.0164. The molecule has 0 spiro atoms. The Morgan fingerprint density at radius 1 is 1.20 bits per heavy atom. The zero-order valence-electron chi connectivity index (χ0n) is 12.3. The molecule has 2 rings (SSSR count). The second kappa shape index (κ2) is 6.09. The molecule has 106 valence electrons. The van der Waals surface area contributed by atoms with Crippen LogP contribution in [0.25, 0.3) is 0 Å². The summed E-state index contributed by atoms with van der Waals surface area (Å²) in [5, 5.41) is 3.44. The van der Waals surface area contributed by atoms with Crippen LogP contribution >= 0.6 is 11.3 Å². The van der Waals surface area contributed by atoms with E-state index in [-0.39, 0.29) is 11.9 Å². The second-order valence-electron chi connectivity index (χ2n) is 5.06. The lowest BCUT2D eigenvalue weighted by molar-refractivity contribution is 0.0828. The van der Waals surface area contributed by atoms with E-state index in [9.17, 15) is 4.79 Å². The minimum Gasteiger partial charge on any atom is -0.377 e. The van der Waals surface area contributed by atoms with Crippen LogP contribution < -0.4 is 5.32 Å². The standard InChI is InChI=1S/C16H20N2OS/c1-11-9-10-15(20-11)12(2)17-14-8-6-5-7-13(14)16(19)18(3)4/h5-10,12,17H,1-4H3. The molecule has 2 aromatic rings. The summed E-state index contributed by atoms with van der Waals surface area (Å²) in [7, 11) is 3.54. The topological polar surface area (TPSA) is 32.3 Å². The fourth-order valence-corrected chi connectivity index (χ4v) is 2.91. The van der Waals surface area contributed by atoms with Gasteiger partial charge in [-0.1, -0.05) is 12.1 Å². The lowest BCUT2D eigenvalue weighted by Crippen LogP contribution is -2.23. The van der Waals surface area contributed by atoms with Crippen molar-refractivity contribution in [3.8, 4) is 0 Å². The molecule has 20 heavy (non-hydrogen) atoms. The van der Waals surface area contributed by atoms with Gasteiger partial charge in [0.2, 0.25) is 0 Å². The predicted molar refractivity (Wildman–Crippen MR) is 85.6 cm³/mol. The monoisotopic (exact) mass is 288 g/mol. The first-order valence-electron chi connectivity index (χ1n) is 6.62. The molecule has 0 aliphatic rings. The molecule has 1 unspecified atom stereocenters. The van der Waals surface area contributed by atoms with Crippen molar-refractivity contribution in [3.05, 3.63) is 51.7 Å². The van der Waals surface area contributed by atoms with E-state index in [1.807, 2.05) is 24.3 Å². The molecule has 0 saturated heterocycles. The van der Waals surface area contributed by atoms with Crippen molar-refractivity contribution < 1.29 is 4.79 Å². The molecule has 1 atom stereocenters. The van der Waals surface area contributed by atoms with Crippen LogP contribution in [0.3, 0.4) is 0 Å². The zero-order chi connectivity index (χ0) is 14.7. The number of benzene rings is 1. The van der Waals surface area contributed by atoms with Gasteiger partial charge in [0.15, 0.2) is 0 Å². The van der Waals surface area contributed by atoms with Crippen molar-refractivity contribution in [1.82, 2.24) is 4.90 Å². The summed E-state index contributed by atoms with van der Waals surface area (Å²) in [6, 6.07) is 12.1. The van der Waals surface area contributed by atoms with Gasteiger partial charge in [0.1, 0.15) is 0 Å². The number of thiophene rings is 1. The highest BCUT2D eigenvalue weighted by Gasteiger charge is 2.15. The number of hydrogen-bond donors (Lipinski definition) is 1. The minimum absolute atomic E-state index is 0.0164. The summed E-state index contributed by atoms with van der Waals surface area (Å²) in [5.41, 5.74) is 1.59. The second-order valence-corrected chi connectivity index (χ2v) is 6.38. The summed E-state index contributed by atoms with van der Waals surface area (Å²) >= 11 is 1.78. The number of hydrogen-bond acceptors (Lipinski definition) is 3. The van der Waals surface area contributed by atoms with Gasteiger partial charge in [0.25, 0.3) is 5.91 Å². The van der Waals surface area contributed by atoms with E-state index in [4.69, 9.17) is 0 Å². The van der Waals surface area contributed by atoms with Crippen LogP contribution in [0.15, 0.2) is 36.4 Å². The molecule has 0 aliphatic heterocycles. The molecule has 4 heteroatoms. The fraction of sp³-hybridized carbons (Fsp3) is 0.312. The number of carbonyl (C=O) groups excluding carboxylic acids is 1. The van der Waals surface area contributed by atoms with Gasteiger partial charge < -0.3 is 10.2 Å². The van der Waals surface area contributed by atoms with E-state index in [2.05, 4.69) is 31.3 Å². The Morgan fingerprint density at radius 3 is 2.50 bits per heavy atom. The number of carbonyl (C=O) groups is 1. The Bertz CT molecular complexity index is 604. The third kappa shape index (κ3) is 3.20. The van der Waals surface area contributed by atoms with E-state index in [0.717, 1.165) is 5.69 Å². The maximum Gasteiger partial charge on any atom is 0.255 e. The summed E-state index contributed by atoms with van der Waals surface area (Å²) in [4.78, 5) is 16.3. The van der Waals surface area contributed by atoms with Crippen molar-refractivity contribution in [1.29, 1.82) is 0 Å². The molecule has 3 nitrogen and oxygen atoms in total. The van der Waals surface area contributed by atoms with E-state index >= 15 is 0 Å². The van der Waals surface area contributed by atoms with Crippen molar-refractivity contribution >= 4 is 22.9 Å². The third-order valence-electron chi connectivity index (χ3n) is 3.12. The van der Waals surface area contributed by atoms with Crippen LogP contribution in [0.4, 0.5) is 5.69 Å². The van der Waals surface area contributed by atoms with Gasteiger partial charge in [-0.3, -0.25) is 4.79 Å². The van der Waals surface area contributed by atoms with Crippen molar-refractivity contribution in [3.63, 3.8) is 0 Å². The van der Waals surface area contributed by atoms with Gasteiger partial charge in [-0.05, 0) is 38.1 Å². The summed E-state index contributed by atoms with van der Waals surface area (Å²) in [6.45, 7) is 4.21. The highest BCUT2D eigenvalue weighted by Crippen LogP contribution is 2.27. The van der Waals surface area contributed by atoms with Gasteiger partial charge in [-0.25, -0.2) is 0 Å². The Labute approximate surface area is 124 Å². The normalized spacial score (nSPS) is 12.0. The largest absolute Gasteiger partial charge is 0.377 e. The van der Waals surface area contributed by atoms with E-state index in [1.54, 1.807) is 30.3 Å².